The molecule has 0 saturated carbocycles. The monoisotopic (exact) mass is 338 g/mol. The third kappa shape index (κ3) is 3.94. The fourth-order valence-corrected chi connectivity index (χ4v) is 4.71. The van der Waals surface area contributed by atoms with E-state index in [1.54, 1.807) is 18.3 Å². The molecule has 2 aromatic rings. The Labute approximate surface area is 136 Å². The normalized spacial score (nSPS) is 12.8. The molecule has 0 bridgehead atoms. The summed E-state index contributed by atoms with van der Waals surface area (Å²) in [5.74, 6) is 0.329. The summed E-state index contributed by atoms with van der Waals surface area (Å²) >= 11 is 1.54. The zero-order valence-electron chi connectivity index (χ0n) is 13.5. The highest BCUT2D eigenvalue weighted by Crippen LogP contribution is 2.34. The van der Waals surface area contributed by atoms with Crippen molar-refractivity contribution in [1.29, 1.82) is 0 Å². The first-order valence-electron chi connectivity index (χ1n) is 7.19. The third-order valence-corrected chi connectivity index (χ3v) is 6.05. The smallest absolute Gasteiger partial charge is 0.241 e. The second kappa shape index (κ2) is 6.10. The van der Waals surface area contributed by atoms with Crippen molar-refractivity contribution in [2.45, 2.75) is 51.0 Å². The highest BCUT2D eigenvalue weighted by atomic mass is 32.2. The zero-order chi connectivity index (χ0) is 16.5. The molecule has 0 saturated heterocycles. The van der Waals surface area contributed by atoms with Crippen LogP contribution in [0.4, 0.5) is 0 Å². The van der Waals surface area contributed by atoms with Crippen LogP contribution in [0.1, 0.15) is 45.5 Å². The van der Waals surface area contributed by atoms with Crippen LogP contribution in [0.15, 0.2) is 35.4 Å². The number of sulfonamides is 1. The highest BCUT2D eigenvalue weighted by Gasteiger charge is 2.25. The second-order valence-electron chi connectivity index (χ2n) is 6.57. The lowest BCUT2D eigenvalue weighted by Crippen LogP contribution is -2.40. The molecule has 1 aromatic heterocycles. The summed E-state index contributed by atoms with van der Waals surface area (Å²) in [6, 6.07) is 7.05. The van der Waals surface area contributed by atoms with Gasteiger partial charge in [0.2, 0.25) is 10.0 Å². The minimum absolute atomic E-state index is 0.295. The van der Waals surface area contributed by atoms with E-state index in [1.165, 1.54) is 11.3 Å². The molecule has 0 atom stereocenters. The van der Waals surface area contributed by atoms with Crippen molar-refractivity contribution in [2.24, 2.45) is 0 Å². The number of thiazole rings is 1. The predicted octanol–water partition coefficient (Wildman–Crippen LogP) is 4.01. The summed E-state index contributed by atoms with van der Waals surface area (Å²) in [6.07, 6.45) is 1.76. The maximum absolute atomic E-state index is 12.7. The SMILES string of the molecule is CC(C)c1ncc(-c2ccccc2S(=O)(=O)NC(C)(C)C)s1. The Balaban J connectivity index is 2.51. The van der Waals surface area contributed by atoms with E-state index in [9.17, 15) is 8.42 Å². The van der Waals surface area contributed by atoms with Gasteiger partial charge in [-0.25, -0.2) is 18.1 Å². The molecular formula is C16H22N2O2S2. The Morgan fingerprint density at radius 3 is 2.36 bits per heavy atom. The van der Waals surface area contributed by atoms with Crippen molar-refractivity contribution >= 4 is 21.4 Å². The van der Waals surface area contributed by atoms with Gasteiger partial charge in [-0.15, -0.1) is 11.3 Å². The number of nitrogens with one attached hydrogen (secondary N) is 1. The number of benzene rings is 1. The molecule has 0 amide bonds. The minimum atomic E-state index is -3.58. The molecule has 2 rings (SSSR count). The molecule has 1 N–H and O–H groups in total. The Kier molecular flexibility index (Phi) is 4.75. The summed E-state index contributed by atoms with van der Waals surface area (Å²) in [5.41, 5.74) is 0.173. The fourth-order valence-electron chi connectivity index (χ4n) is 2.04. The summed E-state index contributed by atoms with van der Waals surface area (Å²) in [6.45, 7) is 9.64. The standard InChI is InChI=1S/C16H22N2O2S2/c1-11(2)15-17-10-13(21-15)12-8-6-7-9-14(12)22(19,20)18-16(3,4)5/h6-11,18H,1-5H3. The lowest BCUT2D eigenvalue weighted by molar-refractivity contribution is 0.491. The Morgan fingerprint density at radius 1 is 1.18 bits per heavy atom. The molecule has 0 unspecified atom stereocenters. The predicted molar refractivity (Wildman–Crippen MR) is 91.7 cm³/mol. The molecule has 0 aliphatic rings. The summed E-state index contributed by atoms with van der Waals surface area (Å²) < 4.78 is 28.0. The molecule has 1 heterocycles. The summed E-state index contributed by atoms with van der Waals surface area (Å²) in [5, 5.41) is 1.01. The van der Waals surface area contributed by atoms with Gasteiger partial charge in [0.05, 0.1) is 14.8 Å². The first-order valence-corrected chi connectivity index (χ1v) is 9.49. The van der Waals surface area contributed by atoms with E-state index < -0.39 is 15.6 Å². The Bertz CT molecular complexity index is 756. The molecule has 0 aliphatic heterocycles. The molecule has 120 valence electrons. The van der Waals surface area contributed by atoms with Gasteiger partial charge in [-0.3, -0.25) is 0 Å². The molecule has 0 aliphatic carbocycles. The van der Waals surface area contributed by atoms with Crippen molar-refractivity contribution in [1.82, 2.24) is 9.71 Å². The van der Waals surface area contributed by atoms with Crippen LogP contribution in [0, 0.1) is 0 Å². The molecule has 6 heteroatoms. The van der Waals surface area contributed by atoms with Crippen LogP contribution < -0.4 is 4.72 Å². The number of rotatable bonds is 4. The van der Waals surface area contributed by atoms with Crippen LogP contribution in [0.2, 0.25) is 0 Å². The molecule has 4 nitrogen and oxygen atoms in total. The van der Waals surface area contributed by atoms with Crippen LogP contribution >= 0.6 is 11.3 Å². The minimum Gasteiger partial charge on any atom is -0.249 e. The molecule has 0 fully saturated rings. The molecule has 1 aromatic carbocycles. The van der Waals surface area contributed by atoms with Crippen LogP contribution in [0.5, 0.6) is 0 Å². The third-order valence-electron chi connectivity index (χ3n) is 2.90. The summed E-state index contributed by atoms with van der Waals surface area (Å²) in [4.78, 5) is 5.56. The highest BCUT2D eigenvalue weighted by molar-refractivity contribution is 7.89. The van der Waals surface area contributed by atoms with Gasteiger partial charge < -0.3 is 0 Å². The van der Waals surface area contributed by atoms with E-state index in [0.29, 0.717) is 16.4 Å². The lowest BCUT2D eigenvalue weighted by atomic mass is 10.1. The first kappa shape index (κ1) is 17.1. The van der Waals surface area contributed by atoms with Gasteiger partial charge in [-0.1, -0.05) is 32.0 Å². The van der Waals surface area contributed by atoms with Crippen LogP contribution in [0.3, 0.4) is 0 Å². The van der Waals surface area contributed by atoms with Crippen molar-refractivity contribution in [3.05, 3.63) is 35.5 Å². The van der Waals surface area contributed by atoms with Crippen molar-refractivity contribution < 1.29 is 8.42 Å². The van der Waals surface area contributed by atoms with E-state index in [-0.39, 0.29) is 0 Å². The Morgan fingerprint density at radius 2 is 1.82 bits per heavy atom. The van der Waals surface area contributed by atoms with Crippen LogP contribution in [0.25, 0.3) is 10.4 Å². The van der Waals surface area contributed by atoms with Gasteiger partial charge in [0.15, 0.2) is 0 Å². The van der Waals surface area contributed by atoms with E-state index in [4.69, 9.17) is 0 Å². The number of hydrogen-bond donors (Lipinski definition) is 1. The van der Waals surface area contributed by atoms with Gasteiger partial charge >= 0.3 is 0 Å². The van der Waals surface area contributed by atoms with E-state index in [1.807, 2.05) is 32.9 Å². The van der Waals surface area contributed by atoms with Crippen molar-refractivity contribution in [2.75, 3.05) is 0 Å². The topological polar surface area (TPSA) is 59.1 Å². The van der Waals surface area contributed by atoms with E-state index in [2.05, 4.69) is 23.6 Å². The van der Waals surface area contributed by atoms with Gasteiger partial charge in [0.25, 0.3) is 0 Å². The number of hydrogen-bond acceptors (Lipinski definition) is 4. The maximum Gasteiger partial charge on any atom is 0.241 e. The molecule has 0 spiro atoms. The fraction of sp³-hybridized carbons (Fsp3) is 0.438. The number of nitrogens with zero attached hydrogens (tertiary/aromatic N) is 1. The van der Waals surface area contributed by atoms with E-state index in [0.717, 1.165) is 9.88 Å². The van der Waals surface area contributed by atoms with Gasteiger partial charge in [-0.2, -0.15) is 0 Å². The second-order valence-corrected chi connectivity index (χ2v) is 9.28. The quantitative estimate of drug-likeness (QED) is 0.916. The number of aromatic nitrogens is 1. The maximum atomic E-state index is 12.7. The van der Waals surface area contributed by atoms with Crippen LogP contribution in [-0.2, 0) is 10.0 Å². The molecular weight excluding hydrogens is 316 g/mol. The van der Waals surface area contributed by atoms with Crippen molar-refractivity contribution in [3.8, 4) is 10.4 Å². The van der Waals surface area contributed by atoms with Gasteiger partial charge in [0.1, 0.15) is 0 Å². The lowest BCUT2D eigenvalue weighted by Gasteiger charge is -2.21. The Hall–Kier alpha value is -1.24. The summed E-state index contributed by atoms with van der Waals surface area (Å²) in [7, 11) is -3.58. The molecule has 0 radical (unpaired) electrons. The van der Waals surface area contributed by atoms with Gasteiger partial charge in [-0.05, 0) is 26.8 Å². The van der Waals surface area contributed by atoms with Crippen molar-refractivity contribution in [3.63, 3.8) is 0 Å². The average molecular weight is 338 g/mol. The largest absolute Gasteiger partial charge is 0.249 e. The van der Waals surface area contributed by atoms with Crippen LogP contribution in [-0.4, -0.2) is 18.9 Å². The van der Waals surface area contributed by atoms with Gasteiger partial charge in [0, 0.05) is 23.2 Å². The zero-order valence-corrected chi connectivity index (χ0v) is 15.2. The average Bonchev–Trinajstić information content (AvgIpc) is 2.85. The molecule has 22 heavy (non-hydrogen) atoms. The first-order chi connectivity index (χ1) is 10.1. The van der Waals surface area contributed by atoms with E-state index >= 15 is 0 Å².